The number of hydrogen-bond acceptors (Lipinski definition) is 3. The second kappa shape index (κ2) is 6.72. The van der Waals surface area contributed by atoms with E-state index in [1.807, 2.05) is 0 Å². The highest BCUT2D eigenvalue weighted by Crippen LogP contribution is 2.43. The minimum Gasteiger partial charge on any atom is -0.480 e. The van der Waals surface area contributed by atoms with E-state index in [1.54, 1.807) is 20.8 Å². The number of Topliss-reactive ketones (excluding diaryl/α,β-unsaturated/α-hetero) is 1. The first kappa shape index (κ1) is 21.0. The van der Waals surface area contributed by atoms with Gasteiger partial charge in [-0.15, -0.1) is 0 Å². The summed E-state index contributed by atoms with van der Waals surface area (Å²) < 4.78 is 65.3. The Balaban J connectivity index is 3.53. The van der Waals surface area contributed by atoms with Crippen LogP contribution in [0, 0.1) is 5.41 Å². The van der Waals surface area contributed by atoms with E-state index in [-0.39, 0.29) is 12.8 Å². The molecule has 5 nitrogen and oxygen atoms in total. The highest BCUT2D eigenvalue weighted by atomic mass is 19.4. The second-order valence-electron chi connectivity index (χ2n) is 6.85. The lowest BCUT2D eigenvalue weighted by atomic mass is 9.89. The van der Waals surface area contributed by atoms with Gasteiger partial charge in [0.05, 0.1) is 0 Å². The molecule has 142 valence electrons. The van der Waals surface area contributed by atoms with Gasteiger partial charge in [0, 0.05) is 6.42 Å². The van der Waals surface area contributed by atoms with Crippen molar-refractivity contribution < 1.29 is 36.6 Å². The lowest BCUT2D eigenvalue weighted by Crippen LogP contribution is -2.34. The van der Waals surface area contributed by atoms with Crippen molar-refractivity contribution in [3.63, 3.8) is 0 Å². The molecule has 1 aromatic heterocycles. The van der Waals surface area contributed by atoms with Gasteiger partial charge in [0.2, 0.25) is 0 Å². The number of carboxylic acid groups (broad SMARTS) is 1. The maximum absolute atomic E-state index is 13.6. The summed E-state index contributed by atoms with van der Waals surface area (Å²) in [4.78, 5) is 23.6. The van der Waals surface area contributed by atoms with Gasteiger partial charge in [-0.05, 0) is 17.9 Å². The number of rotatable bonds is 6. The molecular formula is C15H19F5N2O3. The predicted octanol–water partition coefficient (Wildman–Crippen LogP) is 4.19. The Kier molecular flexibility index (Phi) is 5.66. The Morgan fingerprint density at radius 3 is 2.08 bits per heavy atom. The van der Waals surface area contributed by atoms with Crippen molar-refractivity contribution in [3.8, 4) is 0 Å². The van der Waals surface area contributed by atoms with Crippen LogP contribution in [0.2, 0.25) is 0 Å². The van der Waals surface area contributed by atoms with Crippen molar-refractivity contribution in [2.75, 3.05) is 0 Å². The quantitative estimate of drug-likeness (QED) is 0.602. The molecule has 0 amide bonds. The van der Waals surface area contributed by atoms with E-state index in [1.165, 1.54) is 6.92 Å². The van der Waals surface area contributed by atoms with Gasteiger partial charge in [-0.1, -0.05) is 27.7 Å². The van der Waals surface area contributed by atoms with Crippen molar-refractivity contribution in [2.45, 2.75) is 58.7 Å². The molecule has 1 N–H and O–H groups in total. The molecule has 1 atom stereocenters. The lowest BCUT2D eigenvalue weighted by Gasteiger charge is -2.19. The van der Waals surface area contributed by atoms with Crippen LogP contribution >= 0.6 is 0 Å². The van der Waals surface area contributed by atoms with Crippen molar-refractivity contribution in [3.05, 3.63) is 17.5 Å². The molecule has 25 heavy (non-hydrogen) atoms. The summed E-state index contributed by atoms with van der Waals surface area (Å²) in [5.41, 5.74) is -2.86. The third kappa shape index (κ3) is 4.55. The molecule has 0 aliphatic heterocycles. The van der Waals surface area contributed by atoms with Crippen LogP contribution in [0.4, 0.5) is 22.0 Å². The molecular weight excluding hydrogens is 351 g/mol. The summed E-state index contributed by atoms with van der Waals surface area (Å²) in [6.45, 7) is 6.40. The van der Waals surface area contributed by atoms with Crippen LogP contribution in [0.5, 0.6) is 0 Å². The monoisotopic (exact) mass is 370 g/mol. The molecule has 0 saturated carbocycles. The molecule has 0 spiro atoms. The molecule has 0 aliphatic carbocycles. The highest BCUT2D eigenvalue weighted by Gasteiger charge is 2.60. The minimum atomic E-state index is -5.92. The summed E-state index contributed by atoms with van der Waals surface area (Å²) in [5, 5.41) is 12.3. The fourth-order valence-corrected chi connectivity index (χ4v) is 2.16. The Labute approximate surface area is 140 Å². The molecule has 10 heteroatoms. The fraction of sp³-hybridized carbons (Fsp3) is 0.667. The number of halogens is 5. The minimum absolute atomic E-state index is 0.149. The largest absolute Gasteiger partial charge is 0.480 e. The van der Waals surface area contributed by atoms with Crippen molar-refractivity contribution in [1.29, 1.82) is 0 Å². The number of carboxylic acids is 1. The van der Waals surface area contributed by atoms with Crippen molar-refractivity contribution >= 4 is 11.8 Å². The summed E-state index contributed by atoms with van der Waals surface area (Å²) >= 11 is 0. The third-order valence-corrected chi connectivity index (χ3v) is 3.36. The number of aromatic nitrogens is 2. The van der Waals surface area contributed by atoms with Crippen LogP contribution in [-0.2, 0) is 10.7 Å². The average molecular weight is 370 g/mol. The van der Waals surface area contributed by atoms with E-state index in [0.29, 0.717) is 10.7 Å². The molecule has 0 aliphatic rings. The number of carbonyl (C=O) groups excluding carboxylic acids is 1. The zero-order chi connectivity index (χ0) is 19.8. The maximum Gasteiger partial charge on any atom is 0.459 e. The second-order valence-corrected chi connectivity index (χ2v) is 6.85. The van der Waals surface area contributed by atoms with Crippen LogP contribution in [0.25, 0.3) is 0 Å². The number of carbonyl (C=O) groups is 2. The van der Waals surface area contributed by atoms with Gasteiger partial charge in [0.1, 0.15) is 17.4 Å². The summed E-state index contributed by atoms with van der Waals surface area (Å²) in [6, 6.07) is -1.20. The molecule has 1 heterocycles. The van der Waals surface area contributed by atoms with Crippen LogP contribution < -0.4 is 0 Å². The molecule has 0 saturated heterocycles. The third-order valence-electron chi connectivity index (χ3n) is 3.36. The zero-order valence-electron chi connectivity index (χ0n) is 14.1. The van der Waals surface area contributed by atoms with E-state index < -0.39 is 46.7 Å². The van der Waals surface area contributed by atoms with Gasteiger partial charge in [-0.2, -0.15) is 27.1 Å². The summed E-state index contributed by atoms with van der Waals surface area (Å²) in [5.74, 6) is -7.55. The average Bonchev–Trinajstić information content (AvgIpc) is 2.81. The van der Waals surface area contributed by atoms with Gasteiger partial charge in [0.15, 0.2) is 5.78 Å². The number of hydrogen-bond donors (Lipinski definition) is 1. The number of ketones is 1. The van der Waals surface area contributed by atoms with Crippen LogP contribution in [0.3, 0.4) is 0 Å². The van der Waals surface area contributed by atoms with Crippen LogP contribution in [-0.4, -0.2) is 32.8 Å². The van der Waals surface area contributed by atoms with Gasteiger partial charge in [-0.3, -0.25) is 4.79 Å². The summed E-state index contributed by atoms with van der Waals surface area (Å²) in [6.07, 6.45) is -6.24. The molecule has 0 radical (unpaired) electrons. The number of alkyl halides is 5. The number of aliphatic carboxylic acids is 1. The first-order chi connectivity index (χ1) is 11.1. The first-order valence-corrected chi connectivity index (χ1v) is 7.42. The first-order valence-electron chi connectivity index (χ1n) is 7.42. The van der Waals surface area contributed by atoms with Crippen LogP contribution in [0.1, 0.15) is 62.8 Å². The Morgan fingerprint density at radius 2 is 1.72 bits per heavy atom. The number of nitrogens with zero attached hydrogens (tertiary/aromatic N) is 2. The molecule has 1 aromatic rings. The van der Waals surface area contributed by atoms with E-state index in [0.717, 1.165) is 0 Å². The smallest absolute Gasteiger partial charge is 0.459 e. The summed E-state index contributed by atoms with van der Waals surface area (Å²) in [7, 11) is 0. The fourth-order valence-electron chi connectivity index (χ4n) is 2.16. The molecule has 0 bridgehead atoms. The van der Waals surface area contributed by atoms with Gasteiger partial charge >= 0.3 is 18.1 Å². The lowest BCUT2D eigenvalue weighted by molar-refractivity contribution is -0.291. The Hall–Kier alpha value is -2.00. The molecule has 1 unspecified atom stereocenters. The van der Waals surface area contributed by atoms with E-state index in [9.17, 15) is 31.5 Å². The Morgan fingerprint density at radius 1 is 1.20 bits per heavy atom. The van der Waals surface area contributed by atoms with Gasteiger partial charge < -0.3 is 5.11 Å². The topological polar surface area (TPSA) is 72.2 Å². The molecule has 1 rings (SSSR count). The van der Waals surface area contributed by atoms with E-state index >= 15 is 0 Å². The highest BCUT2D eigenvalue weighted by molar-refractivity contribution is 5.95. The van der Waals surface area contributed by atoms with Crippen LogP contribution in [0.15, 0.2) is 6.07 Å². The standard InChI is InChI=1S/C15H19F5N2O3/c1-5-8(12(24)25)22-9(10(23)7-13(2,3)4)6-11(21-22)14(16,17)15(18,19)20/h6,8H,5,7H2,1-4H3,(H,24,25). The van der Waals surface area contributed by atoms with Crippen molar-refractivity contribution in [1.82, 2.24) is 9.78 Å². The zero-order valence-corrected chi connectivity index (χ0v) is 14.1. The molecule has 0 fully saturated rings. The van der Waals surface area contributed by atoms with E-state index in [4.69, 9.17) is 5.11 Å². The van der Waals surface area contributed by atoms with Gasteiger partial charge in [-0.25, -0.2) is 9.48 Å². The predicted molar refractivity (Wildman–Crippen MR) is 77.5 cm³/mol. The Bertz CT molecular complexity index is 659. The van der Waals surface area contributed by atoms with Gasteiger partial charge in [0.25, 0.3) is 0 Å². The van der Waals surface area contributed by atoms with E-state index in [2.05, 4.69) is 5.10 Å². The molecule has 0 aromatic carbocycles. The normalized spacial score (nSPS) is 14.4. The SMILES string of the molecule is CCC(C(=O)O)n1nc(C(F)(F)C(F)(F)F)cc1C(=O)CC(C)(C)C. The van der Waals surface area contributed by atoms with Crippen molar-refractivity contribution in [2.24, 2.45) is 5.41 Å². The maximum atomic E-state index is 13.6.